The van der Waals surface area contributed by atoms with Gasteiger partial charge < -0.3 is 28.8 Å². The highest BCUT2D eigenvalue weighted by molar-refractivity contribution is 5.91. The zero-order valence-electron chi connectivity index (χ0n) is 16.9. The number of methoxy groups -OCH3 is 1. The maximum atomic E-state index is 12.4. The lowest BCUT2D eigenvalue weighted by molar-refractivity contribution is -0.258. The van der Waals surface area contributed by atoms with Gasteiger partial charge in [-0.25, -0.2) is 4.79 Å². The van der Waals surface area contributed by atoms with Crippen LogP contribution in [-0.4, -0.2) is 65.6 Å². The van der Waals surface area contributed by atoms with E-state index in [1.54, 1.807) is 27.9 Å². The Morgan fingerprint density at radius 1 is 1.32 bits per heavy atom. The number of carbonyl (C=O) groups excluding carboxylic acids is 2. The van der Waals surface area contributed by atoms with E-state index >= 15 is 0 Å². The smallest absolute Gasteiger partial charge is 0.334 e. The van der Waals surface area contributed by atoms with Crippen LogP contribution in [0.25, 0.3) is 0 Å². The summed E-state index contributed by atoms with van der Waals surface area (Å²) in [6.07, 6.45) is -2.04. The van der Waals surface area contributed by atoms with Crippen molar-refractivity contribution in [1.82, 2.24) is 0 Å². The summed E-state index contributed by atoms with van der Waals surface area (Å²) >= 11 is 0. The van der Waals surface area contributed by atoms with Gasteiger partial charge in [0.05, 0.1) is 23.5 Å². The van der Waals surface area contributed by atoms with Crippen molar-refractivity contribution in [2.24, 2.45) is 11.8 Å². The molecule has 2 bridgehead atoms. The number of aliphatic hydroxyl groups is 1. The molecular formula is C20H28O8. The van der Waals surface area contributed by atoms with Gasteiger partial charge in [0.1, 0.15) is 23.9 Å². The number of fused-ring (bicyclic) bond motifs is 6. The number of hydrogen-bond donors (Lipinski definition) is 1. The Balaban J connectivity index is 1.79. The molecule has 0 saturated carbocycles. The molecule has 28 heavy (non-hydrogen) atoms. The zero-order valence-corrected chi connectivity index (χ0v) is 16.9. The summed E-state index contributed by atoms with van der Waals surface area (Å²) in [5.74, 6) is -3.45. The van der Waals surface area contributed by atoms with E-state index in [9.17, 15) is 14.7 Å². The van der Waals surface area contributed by atoms with Crippen LogP contribution in [0.15, 0.2) is 12.2 Å². The lowest BCUT2D eigenvalue weighted by Gasteiger charge is -2.36. The van der Waals surface area contributed by atoms with Gasteiger partial charge in [0.25, 0.3) is 0 Å². The first-order valence-corrected chi connectivity index (χ1v) is 9.69. The topological polar surface area (TPSA) is 104 Å². The third-order valence-corrected chi connectivity index (χ3v) is 6.77. The van der Waals surface area contributed by atoms with Crippen LogP contribution in [0.1, 0.15) is 40.5 Å². The molecular weight excluding hydrogens is 368 g/mol. The van der Waals surface area contributed by atoms with E-state index in [1.165, 1.54) is 0 Å². The maximum absolute atomic E-state index is 12.4. The minimum Gasteiger partial charge on any atom is -0.461 e. The molecule has 8 heteroatoms. The van der Waals surface area contributed by atoms with Crippen molar-refractivity contribution in [1.29, 1.82) is 0 Å². The summed E-state index contributed by atoms with van der Waals surface area (Å²) in [5, 5.41) is 11.3. The Kier molecular flexibility index (Phi) is 4.26. The van der Waals surface area contributed by atoms with Gasteiger partial charge in [0.2, 0.25) is 5.79 Å². The van der Waals surface area contributed by atoms with Gasteiger partial charge in [-0.3, -0.25) is 4.79 Å². The van der Waals surface area contributed by atoms with Crippen molar-refractivity contribution in [3.05, 3.63) is 12.2 Å². The monoisotopic (exact) mass is 396 g/mol. The quantitative estimate of drug-likeness (QED) is 0.430. The lowest BCUT2D eigenvalue weighted by atomic mass is 9.77. The van der Waals surface area contributed by atoms with Crippen molar-refractivity contribution < 1.29 is 38.4 Å². The highest BCUT2D eigenvalue weighted by Crippen LogP contribution is 2.60. The molecule has 4 saturated heterocycles. The second-order valence-electron chi connectivity index (χ2n) is 9.03. The molecule has 1 N–H and O–H groups in total. The minimum atomic E-state index is -1.61. The minimum absolute atomic E-state index is 0.199. The maximum Gasteiger partial charge on any atom is 0.334 e. The van der Waals surface area contributed by atoms with Gasteiger partial charge in [0.15, 0.2) is 0 Å². The molecule has 0 unspecified atom stereocenters. The highest BCUT2D eigenvalue weighted by Gasteiger charge is 2.77. The van der Waals surface area contributed by atoms with Gasteiger partial charge >= 0.3 is 11.9 Å². The molecule has 156 valence electrons. The highest BCUT2D eigenvalue weighted by atomic mass is 16.7. The first kappa shape index (κ1) is 19.8. The fourth-order valence-corrected chi connectivity index (χ4v) is 4.91. The molecule has 0 aromatic rings. The van der Waals surface area contributed by atoms with Gasteiger partial charge in [-0.1, -0.05) is 20.4 Å². The SMILES string of the molecule is C=C1C(=O)O[C@H]2[C@H]1[C@H](OC(=O)C(C)C)C[C@]1(C)O[C@@](O)(C[C@H]1OC)[C@@]1(C)O[C@@H]21. The lowest BCUT2D eigenvalue weighted by Crippen LogP contribution is -2.48. The molecule has 8 atom stereocenters. The Hall–Kier alpha value is -1.48. The van der Waals surface area contributed by atoms with Crippen LogP contribution < -0.4 is 0 Å². The molecule has 0 aromatic heterocycles. The van der Waals surface area contributed by atoms with Gasteiger partial charge in [0, 0.05) is 25.5 Å². The molecule has 8 nitrogen and oxygen atoms in total. The van der Waals surface area contributed by atoms with Crippen LogP contribution in [0, 0.1) is 11.8 Å². The fraction of sp³-hybridized carbons (Fsp3) is 0.800. The van der Waals surface area contributed by atoms with Crippen LogP contribution in [0.3, 0.4) is 0 Å². The number of carbonyl (C=O) groups is 2. The van der Waals surface area contributed by atoms with Crippen LogP contribution in [0.5, 0.6) is 0 Å². The number of hydrogen-bond acceptors (Lipinski definition) is 8. The van der Waals surface area contributed by atoms with Crippen molar-refractivity contribution in [3.8, 4) is 0 Å². The average molecular weight is 396 g/mol. The van der Waals surface area contributed by atoms with Crippen LogP contribution in [0.4, 0.5) is 0 Å². The van der Waals surface area contributed by atoms with Gasteiger partial charge in [-0.15, -0.1) is 0 Å². The zero-order chi connectivity index (χ0) is 20.6. The molecule has 0 radical (unpaired) electrons. The van der Waals surface area contributed by atoms with E-state index in [-0.39, 0.29) is 30.3 Å². The molecule has 0 aliphatic carbocycles. The molecule has 4 aliphatic heterocycles. The largest absolute Gasteiger partial charge is 0.461 e. The second-order valence-corrected chi connectivity index (χ2v) is 9.03. The summed E-state index contributed by atoms with van der Waals surface area (Å²) in [5.41, 5.74) is -1.77. The summed E-state index contributed by atoms with van der Waals surface area (Å²) in [6.45, 7) is 10.9. The van der Waals surface area contributed by atoms with E-state index in [1.807, 2.05) is 6.92 Å². The average Bonchev–Trinajstić information content (AvgIpc) is 3.11. The normalized spacial score (nSPS) is 49.6. The molecule has 4 heterocycles. The molecule has 4 fully saturated rings. The van der Waals surface area contributed by atoms with E-state index in [0.29, 0.717) is 0 Å². The number of rotatable bonds is 3. The van der Waals surface area contributed by atoms with E-state index in [0.717, 1.165) is 0 Å². The number of epoxide rings is 1. The van der Waals surface area contributed by atoms with Crippen LogP contribution >= 0.6 is 0 Å². The Labute approximate surface area is 164 Å². The summed E-state index contributed by atoms with van der Waals surface area (Å²) in [7, 11) is 1.55. The summed E-state index contributed by atoms with van der Waals surface area (Å²) < 4.78 is 29.0. The van der Waals surface area contributed by atoms with E-state index in [4.69, 9.17) is 23.7 Å². The predicted molar refractivity (Wildman–Crippen MR) is 95.0 cm³/mol. The first-order chi connectivity index (χ1) is 13.0. The van der Waals surface area contributed by atoms with Crippen LogP contribution in [0.2, 0.25) is 0 Å². The number of ether oxygens (including phenoxy) is 5. The summed E-state index contributed by atoms with van der Waals surface area (Å²) in [4.78, 5) is 24.7. The van der Waals surface area contributed by atoms with E-state index < -0.39 is 53.3 Å². The third-order valence-electron chi connectivity index (χ3n) is 6.77. The third kappa shape index (κ3) is 2.58. The Bertz CT molecular complexity index is 734. The molecule has 0 aromatic carbocycles. The number of esters is 2. The Morgan fingerprint density at radius 2 is 2.00 bits per heavy atom. The standard InChI is InChI=1S/C20H28O8/c1-9(2)16(21)25-11-7-18(4)12(24-6)8-20(23,28-18)19(5)15(27-19)14-13(11)10(3)17(22)26-14/h9,11-15,23H,3,7-8H2,1-2,4-6H3/t11-,12-,13-,14+,15+,18+,19+,20+/m1/s1. The first-order valence-electron chi connectivity index (χ1n) is 9.69. The van der Waals surface area contributed by atoms with Crippen molar-refractivity contribution in [2.45, 2.75) is 81.9 Å². The fourth-order valence-electron chi connectivity index (χ4n) is 4.91. The predicted octanol–water partition coefficient (Wildman–Crippen LogP) is 1.10. The van der Waals surface area contributed by atoms with Crippen molar-refractivity contribution in [2.75, 3.05) is 7.11 Å². The van der Waals surface area contributed by atoms with Crippen molar-refractivity contribution in [3.63, 3.8) is 0 Å². The second kappa shape index (κ2) is 6.01. The molecule has 0 amide bonds. The van der Waals surface area contributed by atoms with Crippen molar-refractivity contribution >= 4 is 11.9 Å². The molecule has 4 rings (SSSR count). The summed E-state index contributed by atoms with van der Waals surface area (Å²) in [6, 6.07) is 0. The molecule has 4 aliphatic rings. The molecule has 0 spiro atoms. The Morgan fingerprint density at radius 3 is 2.61 bits per heavy atom. The van der Waals surface area contributed by atoms with Gasteiger partial charge in [-0.2, -0.15) is 0 Å². The van der Waals surface area contributed by atoms with E-state index in [2.05, 4.69) is 6.58 Å². The van der Waals surface area contributed by atoms with Gasteiger partial charge in [-0.05, 0) is 13.8 Å². The van der Waals surface area contributed by atoms with Crippen LogP contribution in [-0.2, 0) is 33.3 Å².